The zero-order valence-corrected chi connectivity index (χ0v) is 8.96. The molecule has 0 spiro atoms. The van der Waals surface area contributed by atoms with Gasteiger partial charge in [-0.15, -0.1) is 0 Å². The zero-order valence-electron chi connectivity index (χ0n) is 8.96. The van der Waals surface area contributed by atoms with E-state index in [1.165, 1.54) is 5.56 Å². The number of carbonyl (C=O) groups is 1. The molecule has 0 saturated carbocycles. The van der Waals surface area contributed by atoms with Gasteiger partial charge in [0.1, 0.15) is 5.75 Å². The minimum absolute atomic E-state index is 0.141. The molecule has 0 bridgehead atoms. The highest BCUT2D eigenvalue weighted by atomic mass is 16.5. The highest BCUT2D eigenvalue weighted by Gasteiger charge is 2.19. The third kappa shape index (κ3) is 2.13. The second-order valence-corrected chi connectivity index (χ2v) is 2.95. The summed E-state index contributed by atoms with van der Waals surface area (Å²) >= 11 is 0. The van der Waals surface area contributed by atoms with E-state index >= 15 is 0 Å². The molecule has 1 aliphatic heterocycles. The van der Waals surface area contributed by atoms with Crippen LogP contribution in [0.5, 0.6) is 5.75 Å². The number of ether oxygens (including phenoxy) is 1. The molecule has 14 heavy (non-hydrogen) atoms. The van der Waals surface area contributed by atoms with Gasteiger partial charge in [0.2, 0.25) is 0 Å². The number of fused-ring (bicyclic) bond motifs is 1. The molecular weight excluding hydrogens is 176 g/mol. The maximum absolute atomic E-state index is 10.9. The maximum atomic E-state index is 10.9. The summed E-state index contributed by atoms with van der Waals surface area (Å²) in [5.74, 6) is 0.609. The van der Waals surface area contributed by atoms with Crippen LogP contribution in [0.1, 0.15) is 31.9 Å². The number of benzene rings is 1. The van der Waals surface area contributed by atoms with Gasteiger partial charge in [-0.3, -0.25) is 4.79 Å². The smallest absolute Gasteiger partial charge is 0.315 e. The van der Waals surface area contributed by atoms with E-state index in [4.69, 9.17) is 4.74 Å². The van der Waals surface area contributed by atoms with Gasteiger partial charge in [0.15, 0.2) is 0 Å². The van der Waals surface area contributed by atoms with Gasteiger partial charge in [-0.25, -0.2) is 0 Å². The molecule has 2 rings (SSSR count). The fraction of sp³-hybridized carbons (Fsp3) is 0.417. The van der Waals surface area contributed by atoms with Crippen molar-refractivity contribution in [3.8, 4) is 5.75 Å². The second-order valence-electron chi connectivity index (χ2n) is 2.95. The van der Waals surface area contributed by atoms with Crippen LogP contribution in [0.25, 0.3) is 0 Å². The summed E-state index contributed by atoms with van der Waals surface area (Å²) in [5, 5.41) is 0. The Labute approximate surface area is 84.9 Å². The first-order valence-corrected chi connectivity index (χ1v) is 5.12. The van der Waals surface area contributed by atoms with E-state index < -0.39 is 0 Å². The lowest BCUT2D eigenvalue weighted by Gasteiger charge is -1.99. The summed E-state index contributed by atoms with van der Waals surface area (Å²) in [6.07, 6.45) is 1.41. The summed E-state index contributed by atoms with van der Waals surface area (Å²) in [5.41, 5.74) is 2.22. The van der Waals surface area contributed by atoms with E-state index in [1.54, 1.807) is 0 Å². The third-order valence-corrected chi connectivity index (χ3v) is 2.10. The molecule has 0 amide bonds. The van der Waals surface area contributed by atoms with E-state index in [-0.39, 0.29) is 5.97 Å². The molecule has 0 fully saturated rings. The van der Waals surface area contributed by atoms with E-state index in [2.05, 4.69) is 6.92 Å². The predicted molar refractivity (Wildman–Crippen MR) is 56.5 cm³/mol. The molecule has 76 valence electrons. The van der Waals surface area contributed by atoms with Crippen LogP contribution >= 0.6 is 0 Å². The quantitative estimate of drug-likeness (QED) is 0.505. The van der Waals surface area contributed by atoms with Crippen LogP contribution in [0.4, 0.5) is 0 Å². The largest absolute Gasteiger partial charge is 0.426 e. The van der Waals surface area contributed by atoms with Crippen LogP contribution in [0.15, 0.2) is 18.2 Å². The topological polar surface area (TPSA) is 26.3 Å². The van der Waals surface area contributed by atoms with Crippen molar-refractivity contribution in [3.05, 3.63) is 29.3 Å². The normalized spacial score (nSPS) is 12.6. The Morgan fingerprint density at radius 3 is 2.71 bits per heavy atom. The Bertz CT molecular complexity index is 329. The lowest BCUT2D eigenvalue weighted by Crippen LogP contribution is -2.00. The van der Waals surface area contributed by atoms with E-state index in [1.807, 2.05) is 32.0 Å². The van der Waals surface area contributed by atoms with Crippen molar-refractivity contribution in [3.63, 3.8) is 0 Å². The van der Waals surface area contributed by atoms with Crippen LogP contribution in [-0.4, -0.2) is 5.97 Å². The van der Waals surface area contributed by atoms with Gasteiger partial charge in [-0.05, 0) is 18.1 Å². The van der Waals surface area contributed by atoms with Gasteiger partial charge < -0.3 is 4.74 Å². The van der Waals surface area contributed by atoms with E-state index in [0.717, 1.165) is 17.7 Å². The Morgan fingerprint density at radius 1 is 1.36 bits per heavy atom. The fourth-order valence-corrected chi connectivity index (χ4v) is 1.37. The Morgan fingerprint density at radius 2 is 2.07 bits per heavy atom. The van der Waals surface area contributed by atoms with Crippen molar-refractivity contribution in [1.82, 2.24) is 0 Å². The number of hydrogen-bond acceptors (Lipinski definition) is 2. The van der Waals surface area contributed by atoms with Crippen LogP contribution in [0.2, 0.25) is 0 Å². The Hall–Kier alpha value is -1.31. The van der Waals surface area contributed by atoms with Crippen LogP contribution in [-0.2, 0) is 17.6 Å². The molecular formula is C12H16O2. The first-order valence-electron chi connectivity index (χ1n) is 5.12. The lowest BCUT2D eigenvalue weighted by molar-refractivity contribution is -0.131. The molecule has 0 unspecified atom stereocenters. The number of rotatable bonds is 1. The molecule has 0 N–H and O–H groups in total. The monoisotopic (exact) mass is 192 g/mol. The fourth-order valence-electron chi connectivity index (χ4n) is 1.37. The Kier molecular flexibility index (Phi) is 3.69. The van der Waals surface area contributed by atoms with Crippen LogP contribution in [0.3, 0.4) is 0 Å². The second kappa shape index (κ2) is 4.80. The van der Waals surface area contributed by atoms with Crippen molar-refractivity contribution in [1.29, 1.82) is 0 Å². The number of esters is 1. The molecule has 1 aliphatic rings. The van der Waals surface area contributed by atoms with Crippen molar-refractivity contribution in [2.75, 3.05) is 0 Å². The van der Waals surface area contributed by atoms with Crippen molar-refractivity contribution >= 4 is 5.97 Å². The molecule has 1 aromatic carbocycles. The first kappa shape index (κ1) is 10.8. The molecule has 2 nitrogen and oxygen atoms in total. The predicted octanol–water partition coefficient (Wildman–Crippen LogP) is 2.74. The van der Waals surface area contributed by atoms with Gasteiger partial charge in [-0.2, -0.15) is 0 Å². The molecule has 0 aliphatic carbocycles. The molecule has 2 heteroatoms. The summed E-state index contributed by atoms with van der Waals surface area (Å²) in [6.45, 7) is 6.08. The minimum Gasteiger partial charge on any atom is -0.426 e. The molecule has 0 radical (unpaired) electrons. The lowest BCUT2D eigenvalue weighted by atomic mass is 10.1. The maximum Gasteiger partial charge on any atom is 0.315 e. The molecule has 0 aromatic heterocycles. The Balaban J connectivity index is 0.000000461. The third-order valence-electron chi connectivity index (χ3n) is 2.10. The van der Waals surface area contributed by atoms with Gasteiger partial charge >= 0.3 is 5.97 Å². The number of carbonyl (C=O) groups excluding carboxylic acids is 1. The number of aryl methyl sites for hydroxylation is 1. The standard InChI is InChI=1S/C10H10O2.C2H6/c1-2-7-3-4-8-6-10(11)12-9(8)5-7;1-2/h3-5H,2,6H2,1H3;1-2H3. The molecule has 0 atom stereocenters. The van der Waals surface area contributed by atoms with Gasteiger partial charge in [0, 0.05) is 5.56 Å². The number of hydrogen-bond donors (Lipinski definition) is 0. The summed E-state index contributed by atoms with van der Waals surface area (Å²) < 4.78 is 5.01. The van der Waals surface area contributed by atoms with Crippen LogP contribution < -0.4 is 4.74 Å². The van der Waals surface area contributed by atoms with Crippen LogP contribution in [0, 0.1) is 0 Å². The zero-order chi connectivity index (χ0) is 10.6. The van der Waals surface area contributed by atoms with Gasteiger partial charge in [0.25, 0.3) is 0 Å². The summed E-state index contributed by atoms with van der Waals surface area (Å²) in [7, 11) is 0. The highest BCUT2D eigenvalue weighted by Crippen LogP contribution is 2.26. The van der Waals surface area contributed by atoms with E-state index in [9.17, 15) is 4.79 Å². The molecule has 1 aromatic rings. The summed E-state index contributed by atoms with van der Waals surface area (Å²) in [6, 6.07) is 5.96. The highest BCUT2D eigenvalue weighted by molar-refractivity contribution is 5.81. The first-order chi connectivity index (χ1) is 6.79. The molecule has 1 heterocycles. The average Bonchev–Trinajstić information content (AvgIpc) is 2.59. The van der Waals surface area contributed by atoms with Gasteiger partial charge in [-0.1, -0.05) is 32.9 Å². The van der Waals surface area contributed by atoms with Crippen molar-refractivity contribution in [2.24, 2.45) is 0 Å². The minimum atomic E-state index is -0.141. The SMILES string of the molecule is CC.CCc1ccc2c(c1)OC(=O)C2. The van der Waals surface area contributed by atoms with Gasteiger partial charge in [0.05, 0.1) is 6.42 Å². The average molecular weight is 192 g/mol. The van der Waals surface area contributed by atoms with Crippen molar-refractivity contribution in [2.45, 2.75) is 33.6 Å². The van der Waals surface area contributed by atoms with E-state index in [0.29, 0.717) is 6.42 Å². The summed E-state index contributed by atoms with van der Waals surface area (Å²) in [4.78, 5) is 10.9. The molecule has 0 saturated heterocycles. The van der Waals surface area contributed by atoms with Crippen molar-refractivity contribution < 1.29 is 9.53 Å².